The molecule has 0 unspecified atom stereocenters. The van der Waals surface area contributed by atoms with Gasteiger partial charge in [0.2, 0.25) is 0 Å². The van der Waals surface area contributed by atoms with E-state index in [4.69, 9.17) is 0 Å². The third-order valence-electron chi connectivity index (χ3n) is 13.3. The highest BCUT2D eigenvalue weighted by Gasteiger charge is 2.47. The smallest absolute Gasteiger partial charge is 0.0676 e. The Kier molecular flexibility index (Phi) is 8.90. The first-order valence-corrected chi connectivity index (χ1v) is 22.1. The molecular formula is C61H44N2. The minimum atomic E-state index is -0.340. The van der Waals surface area contributed by atoms with Gasteiger partial charge in [0.1, 0.15) is 0 Å². The Labute approximate surface area is 369 Å². The first-order chi connectivity index (χ1) is 31.3. The number of hydrogen-bond acceptors (Lipinski definition) is 1. The third-order valence-corrected chi connectivity index (χ3v) is 13.3. The van der Waals surface area contributed by atoms with Crippen molar-refractivity contribution in [2.24, 2.45) is 0 Å². The molecule has 0 spiro atoms. The molecule has 0 saturated heterocycles. The number of rotatable bonds is 8. The van der Waals surface area contributed by atoms with Gasteiger partial charge in [0.25, 0.3) is 0 Å². The number of anilines is 3. The standard InChI is InChI=1S/C61H44N2/c1-5-20-47(21-6-1)61(48-22-7-2-8-23-48)57-30-15-13-28-53(57)55-42-52(37-38-58(55)61)63-59-31-16-14-29-54(59)56-41-46(34-39-60(56)63)45-19-17-18-44(40-45)43-32-35-51(36-33-43)62(49-24-9-3-10-25-49)50-26-11-4-12-27-50/h1-14,16-29,31-42H,15,30H2. The maximum absolute atomic E-state index is 2.47. The Morgan fingerprint density at radius 2 is 0.968 bits per heavy atom. The van der Waals surface area contributed by atoms with Gasteiger partial charge in [-0.15, -0.1) is 0 Å². The Hall–Kier alpha value is -7.94. The topological polar surface area (TPSA) is 8.17 Å². The highest BCUT2D eigenvalue weighted by Crippen LogP contribution is 2.57. The maximum Gasteiger partial charge on any atom is 0.0676 e. The quantitative estimate of drug-likeness (QED) is 0.149. The third kappa shape index (κ3) is 6.02. The molecule has 9 aromatic carbocycles. The SMILES string of the molecule is C1=CC2=C(CC1)C(c1ccccc1)(c1ccccc1)c1ccc(-n3c4ccccc4c4cc(-c5cccc(-c6ccc(N(c7ccccc7)c7ccccc7)cc6)c5)ccc43)cc12. The molecule has 1 aromatic heterocycles. The van der Waals surface area contributed by atoms with Crippen LogP contribution in [-0.4, -0.2) is 4.57 Å². The molecule has 1 heterocycles. The van der Waals surface area contributed by atoms with Gasteiger partial charge in [-0.05, 0) is 141 Å². The summed E-state index contributed by atoms with van der Waals surface area (Å²) in [5, 5.41) is 2.50. The molecule has 0 fully saturated rings. The van der Waals surface area contributed by atoms with E-state index in [-0.39, 0.29) is 5.41 Å². The summed E-state index contributed by atoms with van der Waals surface area (Å²) in [5.41, 5.74) is 19.6. The molecule has 2 nitrogen and oxygen atoms in total. The molecule has 2 heteroatoms. The molecule has 2 aliphatic carbocycles. The van der Waals surface area contributed by atoms with E-state index in [1.54, 1.807) is 0 Å². The highest BCUT2D eigenvalue weighted by atomic mass is 15.1. The minimum Gasteiger partial charge on any atom is -0.311 e. The number of fused-ring (bicyclic) bond motifs is 5. The first-order valence-electron chi connectivity index (χ1n) is 22.1. The predicted octanol–water partition coefficient (Wildman–Crippen LogP) is 16.0. The zero-order valence-electron chi connectivity index (χ0n) is 34.9. The van der Waals surface area contributed by atoms with Crippen LogP contribution >= 0.6 is 0 Å². The lowest BCUT2D eigenvalue weighted by Crippen LogP contribution is -2.30. The minimum absolute atomic E-state index is 0.340. The second-order valence-electron chi connectivity index (χ2n) is 16.8. The van der Waals surface area contributed by atoms with Crippen molar-refractivity contribution in [3.63, 3.8) is 0 Å². The van der Waals surface area contributed by atoms with Gasteiger partial charge in [0.05, 0.1) is 16.4 Å². The Bertz CT molecular complexity index is 3280. The van der Waals surface area contributed by atoms with Crippen LogP contribution in [0.5, 0.6) is 0 Å². The fourth-order valence-electron chi connectivity index (χ4n) is 10.6. The van der Waals surface area contributed by atoms with Gasteiger partial charge >= 0.3 is 0 Å². The van der Waals surface area contributed by atoms with Crippen LogP contribution in [0.15, 0.2) is 248 Å². The van der Waals surface area contributed by atoms with Crippen LogP contribution in [0.4, 0.5) is 17.1 Å². The summed E-state index contributed by atoms with van der Waals surface area (Å²) in [6.45, 7) is 0. The average molecular weight is 805 g/mol. The van der Waals surface area contributed by atoms with E-state index in [1.165, 1.54) is 83.1 Å². The van der Waals surface area contributed by atoms with Gasteiger partial charge < -0.3 is 9.47 Å². The Morgan fingerprint density at radius 3 is 1.65 bits per heavy atom. The van der Waals surface area contributed by atoms with Crippen LogP contribution in [0.3, 0.4) is 0 Å². The lowest BCUT2D eigenvalue weighted by molar-refractivity contribution is 0.696. The van der Waals surface area contributed by atoms with E-state index in [0.29, 0.717) is 0 Å². The van der Waals surface area contributed by atoms with Crippen molar-refractivity contribution in [2.75, 3.05) is 4.90 Å². The van der Waals surface area contributed by atoms with Crippen LogP contribution in [0.2, 0.25) is 0 Å². The van der Waals surface area contributed by atoms with Crippen molar-refractivity contribution < 1.29 is 0 Å². The van der Waals surface area contributed by atoms with Crippen molar-refractivity contribution in [3.8, 4) is 27.9 Å². The van der Waals surface area contributed by atoms with Gasteiger partial charge in [-0.3, -0.25) is 0 Å². The van der Waals surface area contributed by atoms with Crippen molar-refractivity contribution in [1.29, 1.82) is 0 Å². The molecular weight excluding hydrogens is 761 g/mol. The summed E-state index contributed by atoms with van der Waals surface area (Å²) >= 11 is 0. The second kappa shape index (κ2) is 15.2. The summed E-state index contributed by atoms with van der Waals surface area (Å²) in [5.74, 6) is 0. The molecule has 0 N–H and O–H groups in total. The summed E-state index contributed by atoms with van der Waals surface area (Å²) in [7, 11) is 0. The van der Waals surface area contributed by atoms with Crippen LogP contribution in [0.25, 0.3) is 55.3 Å². The highest BCUT2D eigenvalue weighted by molar-refractivity contribution is 6.10. The normalized spacial score (nSPS) is 13.9. The van der Waals surface area contributed by atoms with Crippen molar-refractivity contribution in [1.82, 2.24) is 4.57 Å². The zero-order valence-corrected chi connectivity index (χ0v) is 34.9. The van der Waals surface area contributed by atoms with Gasteiger partial charge in [-0.2, -0.15) is 0 Å². The van der Waals surface area contributed by atoms with E-state index >= 15 is 0 Å². The summed E-state index contributed by atoms with van der Waals surface area (Å²) < 4.78 is 2.47. The lowest BCUT2D eigenvalue weighted by Gasteiger charge is -2.36. The summed E-state index contributed by atoms with van der Waals surface area (Å²) in [6, 6.07) is 84.5. The van der Waals surface area contributed by atoms with Crippen LogP contribution in [0, 0.1) is 0 Å². The number of hydrogen-bond donors (Lipinski definition) is 0. The maximum atomic E-state index is 2.47. The monoisotopic (exact) mass is 804 g/mol. The zero-order chi connectivity index (χ0) is 41.7. The van der Waals surface area contributed by atoms with E-state index < -0.39 is 0 Å². The number of benzene rings is 9. The van der Waals surface area contributed by atoms with Crippen molar-refractivity contribution in [2.45, 2.75) is 18.3 Å². The second-order valence-corrected chi connectivity index (χ2v) is 16.8. The van der Waals surface area contributed by atoms with Crippen molar-refractivity contribution >= 4 is 44.4 Å². The summed E-state index contributed by atoms with van der Waals surface area (Å²) in [6.07, 6.45) is 6.83. The van der Waals surface area contributed by atoms with Gasteiger partial charge in [-0.25, -0.2) is 0 Å². The van der Waals surface area contributed by atoms with E-state index in [1.807, 2.05) is 0 Å². The molecule has 2 aliphatic rings. The van der Waals surface area contributed by atoms with Gasteiger partial charge in [-0.1, -0.05) is 170 Å². The molecule has 0 radical (unpaired) electrons. The molecule has 0 saturated carbocycles. The fourth-order valence-corrected chi connectivity index (χ4v) is 10.6. The first kappa shape index (κ1) is 36.9. The largest absolute Gasteiger partial charge is 0.311 e. The number of nitrogens with zero attached hydrogens (tertiary/aromatic N) is 2. The van der Waals surface area contributed by atoms with Crippen molar-refractivity contribution in [3.05, 3.63) is 271 Å². The van der Waals surface area contributed by atoms with Crippen LogP contribution < -0.4 is 4.90 Å². The lowest BCUT2D eigenvalue weighted by atomic mass is 9.65. The molecule has 10 aromatic rings. The van der Waals surface area contributed by atoms with Crippen LogP contribution in [0.1, 0.15) is 35.1 Å². The Balaban J connectivity index is 0.938. The molecule has 298 valence electrons. The predicted molar refractivity (Wildman–Crippen MR) is 264 cm³/mol. The van der Waals surface area contributed by atoms with E-state index in [2.05, 4.69) is 252 Å². The van der Waals surface area contributed by atoms with E-state index in [0.717, 1.165) is 29.9 Å². The molecule has 0 amide bonds. The molecule has 63 heavy (non-hydrogen) atoms. The average Bonchev–Trinajstić information content (AvgIpc) is 3.86. The molecule has 12 rings (SSSR count). The fraction of sp³-hybridized carbons (Fsp3) is 0.0492. The molecule has 0 aliphatic heterocycles. The Morgan fingerprint density at radius 1 is 0.413 bits per heavy atom. The number of aromatic nitrogens is 1. The van der Waals surface area contributed by atoms with E-state index in [9.17, 15) is 0 Å². The molecule has 0 atom stereocenters. The van der Waals surface area contributed by atoms with Gasteiger partial charge in [0.15, 0.2) is 0 Å². The summed E-state index contributed by atoms with van der Waals surface area (Å²) in [4.78, 5) is 2.30. The number of para-hydroxylation sites is 3. The number of allylic oxidation sites excluding steroid dienone is 4. The van der Waals surface area contributed by atoms with Crippen LogP contribution in [-0.2, 0) is 5.41 Å². The molecule has 0 bridgehead atoms. The van der Waals surface area contributed by atoms with Gasteiger partial charge in [0, 0.05) is 33.5 Å².